The van der Waals surface area contributed by atoms with E-state index in [2.05, 4.69) is 20.8 Å². The highest BCUT2D eigenvalue weighted by atomic mass is 19.1. The largest absolute Gasteiger partial charge is 0.509 e. The van der Waals surface area contributed by atoms with E-state index in [4.69, 9.17) is 14.2 Å². The maximum absolute atomic E-state index is 17.6. The number of halogens is 3. The van der Waals surface area contributed by atoms with Crippen molar-refractivity contribution in [3.8, 4) is 0 Å². The Hall–Kier alpha value is -2.36. The topological polar surface area (TPSA) is 99.1 Å². The number of fused-ring (bicyclic) bond motifs is 5. The second-order valence-corrected chi connectivity index (χ2v) is 14.6. The molecule has 5 rings (SSSR count). The fourth-order valence-electron chi connectivity index (χ4n) is 9.90. The van der Waals surface area contributed by atoms with Gasteiger partial charge in [0.05, 0.1) is 6.10 Å². The van der Waals surface area contributed by atoms with E-state index in [0.29, 0.717) is 12.3 Å². The average molecular weight is 611 g/mol. The summed E-state index contributed by atoms with van der Waals surface area (Å²) in [6.07, 6.45) is 0.638. The van der Waals surface area contributed by atoms with Crippen LogP contribution in [0.4, 0.5) is 18.0 Å². The van der Waals surface area contributed by atoms with Crippen molar-refractivity contribution in [3.63, 3.8) is 0 Å². The van der Waals surface area contributed by atoms with Crippen LogP contribution in [0.25, 0.3) is 0 Å². The van der Waals surface area contributed by atoms with Crippen LogP contribution in [-0.4, -0.2) is 59.5 Å². The number of hydrogen-bond donors (Lipinski definition) is 1. The minimum Gasteiger partial charge on any atom is -0.431 e. The Bertz CT molecular complexity index is 1220. The SMILES string of the molecule is CC(C)[C@H]1CC[C@H](C)C[C@@H]1OC(=O)O[C@@]1(C(=O)OCF)[C@H](C)C[C@H]2[C@@H]3C[C@H](F)C4=CC(=O)C=C[C@]4(C)C3(F)[C@@H](O)C[C@@]21C. The zero-order valence-corrected chi connectivity index (χ0v) is 25.9. The van der Waals surface area contributed by atoms with E-state index in [1.807, 2.05) is 0 Å². The molecule has 10 heteroatoms. The lowest BCUT2D eigenvalue weighted by Crippen LogP contribution is -2.71. The van der Waals surface area contributed by atoms with Crippen molar-refractivity contribution in [3.05, 3.63) is 23.8 Å². The Labute approximate surface area is 251 Å². The molecule has 1 N–H and O–H groups in total. The van der Waals surface area contributed by atoms with Crippen molar-refractivity contribution < 1.29 is 46.9 Å². The molecule has 5 aliphatic rings. The van der Waals surface area contributed by atoms with Crippen LogP contribution >= 0.6 is 0 Å². The predicted molar refractivity (Wildman–Crippen MR) is 151 cm³/mol. The first-order valence-electron chi connectivity index (χ1n) is 15.7. The number of alkyl halides is 3. The zero-order chi connectivity index (χ0) is 31.7. The van der Waals surface area contributed by atoms with Crippen LogP contribution in [0, 0.1) is 46.3 Å². The van der Waals surface area contributed by atoms with Crippen molar-refractivity contribution in [1.29, 1.82) is 0 Å². The first kappa shape index (κ1) is 32.0. The molecule has 0 heterocycles. The molecule has 0 aromatic heterocycles. The normalized spacial score (nSPS) is 47.2. The number of ether oxygens (including phenoxy) is 3. The molecule has 0 aromatic rings. The van der Waals surface area contributed by atoms with Gasteiger partial charge >= 0.3 is 12.1 Å². The number of hydrogen-bond acceptors (Lipinski definition) is 7. The van der Waals surface area contributed by atoms with E-state index >= 15 is 8.78 Å². The highest BCUT2D eigenvalue weighted by Gasteiger charge is 2.79. The number of ketones is 1. The average Bonchev–Trinajstić information content (AvgIpc) is 3.13. The number of aliphatic hydroxyl groups is 1. The summed E-state index contributed by atoms with van der Waals surface area (Å²) in [4.78, 5) is 39.4. The third kappa shape index (κ3) is 4.51. The van der Waals surface area contributed by atoms with Gasteiger partial charge in [-0.1, -0.05) is 47.1 Å². The van der Waals surface area contributed by atoms with Gasteiger partial charge in [0, 0.05) is 22.7 Å². The Morgan fingerprint density at radius 1 is 1.12 bits per heavy atom. The highest BCUT2D eigenvalue weighted by molar-refractivity contribution is 6.01. The van der Waals surface area contributed by atoms with Crippen LogP contribution in [0.1, 0.15) is 80.1 Å². The summed E-state index contributed by atoms with van der Waals surface area (Å²) in [6.45, 7) is 9.46. The molecule has 0 bridgehead atoms. The lowest BCUT2D eigenvalue weighted by molar-refractivity contribution is -0.236. The number of carbonyl (C=O) groups is 3. The minimum atomic E-state index is -2.38. The van der Waals surface area contributed by atoms with Gasteiger partial charge in [-0.3, -0.25) is 4.79 Å². The van der Waals surface area contributed by atoms with Gasteiger partial charge in [0.25, 0.3) is 0 Å². The Balaban J connectivity index is 1.53. The fraction of sp³-hybridized carbons (Fsp3) is 0.788. The van der Waals surface area contributed by atoms with Gasteiger partial charge in [-0.25, -0.2) is 22.8 Å². The van der Waals surface area contributed by atoms with Gasteiger partial charge in [0.2, 0.25) is 12.5 Å². The molecule has 43 heavy (non-hydrogen) atoms. The Morgan fingerprint density at radius 2 is 1.81 bits per heavy atom. The highest BCUT2D eigenvalue weighted by Crippen LogP contribution is 2.71. The number of rotatable bonds is 5. The van der Waals surface area contributed by atoms with E-state index in [9.17, 15) is 23.9 Å². The van der Waals surface area contributed by atoms with Crippen LogP contribution in [0.15, 0.2) is 23.8 Å². The third-order valence-electron chi connectivity index (χ3n) is 12.1. The van der Waals surface area contributed by atoms with E-state index in [-0.39, 0.29) is 36.7 Å². The van der Waals surface area contributed by atoms with Gasteiger partial charge in [-0.15, -0.1) is 0 Å². The first-order valence-corrected chi connectivity index (χ1v) is 15.7. The molecule has 4 saturated carbocycles. The molecule has 0 amide bonds. The summed E-state index contributed by atoms with van der Waals surface area (Å²) in [7, 11) is 0. The van der Waals surface area contributed by atoms with Crippen molar-refractivity contribution in [2.45, 2.75) is 110 Å². The molecular weight excluding hydrogens is 565 g/mol. The van der Waals surface area contributed by atoms with Gasteiger partial charge in [-0.05, 0) is 80.4 Å². The first-order chi connectivity index (χ1) is 20.1. The second-order valence-electron chi connectivity index (χ2n) is 14.6. The second kappa shape index (κ2) is 10.9. The Kier molecular flexibility index (Phi) is 8.13. The summed E-state index contributed by atoms with van der Waals surface area (Å²) >= 11 is 0. The van der Waals surface area contributed by atoms with Crippen LogP contribution in [0.5, 0.6) is 0 Å². The molecule has 0 aromatic carbocycles. The molecule has 0 aliphatic heterocycles. The number of aliphatic hydroxyl groups excluding tert-OH is 1. The molecular formula is C33H45F3O7. The molecule has 7 nitrogen and oxygen atoms in total. The summed E-state index contributed by atoms with van der Waals surface area (Å²) in [6, 6.07) is 0. The lowest BCUT2D eigenvalue weighted by Gasteiger charge is -2.62. The summed E-state index contributed by atoms with van der Waals surface area (Å²) < 4.78 is 63.7. The lowest BCUT2D eigenvalue weighted by atomic mass is 9.44. The minimum absolute atomic E-state index is 0.0169. The summed E-state index contributed by atoms with van der Waals surface area (Å²) in [5.74, 6) is -3.59. The maximum atomic E-state index is 17.6. The quantitative estimate of drug-likeness (QED) is 0.361. The van der Waals surface area contributed by atoms with Crippen molar-refractivity contribution in [2.75, 3.05) is 6.86 Å². The van der Waals surface area contributed by atoms with E-state index in [1.54, 1.807) is 13.8 Å². The molecule has 4 fully saturated rings. The number of esters is 1. The van der Waals surface area contributed by atoms with Crippen LogP contribution in [0.2, 0.25) is 0 Å². The molecule has 0 saturated heterocycles. The standard InChI is InChI=1S/C33H45F3O7/c1-17(2)21-8-7-18(3)11-26(21)42-29(40)43-33(28(39)41-16-34)19(4)12-22-23-14-25(35)24-13-20(37)9-10-30(24,5)32(23,36)27(38)15-31(22,33)6/h9-10,13,17-19,21-23,25-27,38H,7-8,11-12,14-16H2,1-6H3/t18-,19+,21+,22-,23-,25-,26-,27-,30-,31-,32?,33+/m0/s1. The smallest absolute Gasteiger partial charge is 0.431 e. The maximum Gasteiger partial charge on any atom is 0.509 e. The molecule has 240 valence electrons. The third-order valence-corrected chi connectivity index (χ3v) is 12.1. The van der Waals surface area contributed by atoms with Crippen molar-refractivity contribution >= 4 is 17.9 Å². The number of carbonyl (C=O) groups excluding carboxylic acids is 3. The van der Waals surface area contributed by atoms with E-state index in [0.717, 1.165) is 18.9 Å². The molecule has 5 aliphatic carbocycles. The summed E-state index contributed by atoms with van der Waals surface area (Å²) in [5.41, 5.74) is -7.57. The van der Waals surface area contributed by atoms with Crippen molar-refractivity contribution in [1.82, 2.24) is 0 Å². The zero-order valence-electron chi connectivity index (χ0n) is 25.9. The number of allylic oxidation sites excluding steroid dienone is 4. The van der Waals surface area contributed by atoms with Gasteiger partial charge in [0.15, 0.2) is 11.5 Å². The Morgan fingerprint density at radius 3 is 2.47 bits per heavy atom. The van der Waals surface area contributed by atoms with Crippen LogP contribution in [0.3, 0.4) is 0 Å². The molecule has 0 radical (unpaired) electrons. The van der Waals surface area contributed by atoms with Crippen LogP contribution in [-0.2, 0) is 23.8 Å². The molecule has 12 atom stereocenters. The summed E-state index contributed by atoms with van der Waals surface area (Å²) in [5, 5.41) is 11.6. The fourth-order valence-corrected chi connectivity index (χ4v) is 9.90. The van der Waals surface area contributed by atoms with Gasteiger partial charge in [0.1, 0.15) is 12.3 Å². The van der Waals surface area contributed by atoms with Crippen LogP contribution < -0.4 is 0 Å². The molecule has 1 unspecified atom stereocenters. The van der Waals surface area contributed by atoms with Gasteiger partial charge in [-0.2, -0.15) is 0 Å². The van der Waals surface area contributed by atoms with E-state index in [1.165, 1.54) is 19.1 Å². The predicted octanol–water partition coefficient (Wildman–Crippen LogP) is 6.37. The monoisotopic (exact) mass is 610 g/mol. The van der Waals surface area contributed by atoms with Gasteiger partial charge < -0.3 is 19.3 Å². The molecule has 0 spiro atoms. The van der Waals surface area contributed by atoms with Crippen molar-refractivity contribution in [2.24, 2.45) is 46.3 Å². The van der Waals surface area contributed by atoms with E-state index < -0.39 is 83.0 Å².